The van der Waals surface area contributed by atoms with Gasteiger partial charge in [-0.25, -0.2) is 0 Å². The molecule has 0 saturated heterocycles. The summed E-state index contributed by atoms with van der Waals surface area (Å²) < 4.78 is 57.1. The maximum absolute atomic E-state index is 10.8. The van der Waals surface area contributed by atoms with Gasteiger partial charge in [0.15, 0.2) is 23.0 Å². The average molecular weight is 847 g/mol. The van der Waals surface area contributed by atoms with Gasteiger partial charge in [0.1, 0.15) is 46.0 Å². The highest BCUT2D eigenvalue weighted by Crippen LogP contribution is 2.41. The topological polar surface area (TPSA) is 133 Å². The molecule has 2 N–H and O–H groups in total. The lowest BCUT2D eigenvalue weighted by Gasteiger charge is -2.15. The molecule has 0 aliphatic carbocycles. The van der Waals surface area contributed by atoms with Crippen LogP contribution in [0.3, 0.4) is 0 Å². The summed E-state index contributed by atoms with van der Waals surface area (Å²) in [4.78, 5) is 0. The first-order valence-electron chi connectivity index (χ1n) is 20.0. The van der Waals surface area contributed by atoms with Gasteiger partial charge in [-0.2, -0.15) is 0 Å². The molecule has 6 rings (SSSR count). The summed E-state index contributed by atoms with van der Waals surface area (Å²) in [6, 6.07) is 29.6. The second kappa shape index (κ2) is 20.9. The molecule has 0 amide bonds. The van der Waals surface area contributed by atoms with Gasteiger partial charge in [0.2, 0.25) is 11.5 Å². The van der Waals surface area contributed by atoms with E-state index >= 15 is 0 Å². The highest BCUT2D eigenvalue weighted by molar-refractivity contribution is 5.55. The highest BCUT2D eigenvalue weighted by Gasteiger charge is 2.16. The molecule has 0 unspecified atom stereocenters. The molecular formula is C50H54O12. The van der Waals surface area contributed by atoms with E-state index in [1.54, 1.807) is 87.2 Å². The molecule has 326 valence electrons. The Balaban J connectivity index is 1.26. The maximum Gasteiger partial charge on any atom is 0.203 e. The molecule has 0 bridgehead atoms. The van der Waals surface area contributed by atoms with Crippen molar-refractivity contribution in [2.45, 2.75) is 38.5 Å². The fourth-order valence-corrected chi connectivity index (χ4v) is 7.29. The zero-order valence-corrected chi connectivity index (χ0v) is 36.5. The van der Waals surface area contributed by atoms with Crippen LogP contribution in [0, 0.1) is 0 Å². The van der Waals surface area contributed by atoms with Crippen LogP contribution in [0.15, 0.2) is 97.1 Å². The van der Waals surface area contributed by atoms with E-state index in [4.69, 9.17) is 47.4 Å². The quantitative estimate of drug-likeness (QED) is 0.0715. The van der Waals surface area contributed by atoms with Gasteiger partial charge < -0.3 is 57.6 Å². The first-order chi connectivity index (χ1) is 30.1. The third-order valence-electron chi connectivity index (χ3n) is 10.3. The lowest BCUT2D eigenvalue weighted by molar-refractivity contribution is 0.324. The second-order valence-corrected chi connectivity index (χ2v) is 14.5. The number of phenols is 2. The molecule has 12 nitrogen and oxygen atoms in total. The van der Waals surface area contributed by atoms with Crippen molar-refractivity contribution in [1.82, 2.24) is 0 Å². The molecule has 12 heteroatoms. The van der Waals surface area contributed by atoms with Gasteiger partial charge in [0, 0.05) is 24.3 Å². The normalized spacial score (nSPS) is 10.8. The third-order valence-corrected chi connectivity index (χ3v) is 10.3. The van der Waals surface area contributed by atoms with Crippen LogP contribution in [0.2, 0.25) is 0 Å². The Kier molecular flexibility index (Phi) is 15.0. The number of aromatic hydroxyl groups is 2. The number of methoxy groups -OCH3 is 8. The number of phenolic OH excluding ortho intramolecular Hbond substituents is 2. The molecule has 6 aromatic rings. The van der Waals surface area contributed by atoms with Gasteiger partial charge in [-0.15, -0.1) is 0 Å². The number of aryl methyl sites for hydroxylation is 6. The first-order valence-corrected chi connectivity index (χ1v) is 20.0. The predicted molar refractivity (Wildman–Crippen MR) is 237 cm³/mol. The van der Waals surface area contributed by atoms with Gasteiger partial charge in [0.25, 0.3) is 0 Å². The van der Waals surface area contributed by atoms with E-state index in [-0.39, 0.29) is 11.5 Å². The Labute approximate surface area is 363 Å². The molecule has 0 aromatic heterocycles. The minimum absolute atomic E-state index is 0.0702. The smallest absolute Gasteiger partial charge is 0.203 e. The Bertz CT molecular complexity index is 2250. The molecule has 0 saturated carbocycles. The van der Waals surface area contributed by atoms with E-state index < -0.39 is 0 Å². The standard InChI is InChI=1S/C50H54O12/c1-53-39-17-33(18-40(29-39)54-2)11-12-34-21-43(61-41-19-31(15-37(51)27-41)9-13-35-23-45(55-3)49(59-7)46(24-35)56-4)30-44(22-34)62-42-20-32(16-38(52)28-42)10-14-36-25-47(57-5)50(60-8)48(26-36)58-6/h15-30,51-52H,9-14H2,1-8H3. The number of hydrogen-bond donors (Lipinski definition) is 2. The average Bonchev–Trinajstić information content (AvgIpc) is 3.27. The van der Waals surface area contributed by atoms with Gasteiger partial charge in [-0.3, -0.25) is 0 Å². The predicted octanol–water partition coefficient (Wildman–Crippen LogP) is 10.1. The summed E-state index contributed by atoms with van der Waals surface area (Å²) in [6.07, 6.45) is 3.77. The number of benzene rings is 6. The lowest BCUT2D eigenvalue weighted by atomic mass is 10.0. The summed E-state index contributed by atoms with van der Waals surface area (Å²) in [7, 11) is 12.7. The van der Waals surface area contributed by atoms with E-state index in [0.29, 0.717) is 108 Å². The van der Waals surface area contributed by atoms with E-state index in [1.807, 2.05) is 66.7 Å². The summed E-state index contributed by atoms with van der Waals surface area (Å²) in [5, 5.41) is 21.6. The Morgan fingerprint density at radius 3 is 0.823 bits per heavy atom. The van der Waals surface area contributed by atoms with Crippen LogP contribution >= 0.6 is 0 Å². The maximum atomic E-state index is 10.8. The van der Waals surface area contributed by atoms with Gasteiger partial charge in [-0.05, 0) is 145 Å². The number of hydrogen-bond acceptors (Lipinski definition) is 12. The van der Waals surface area contributed by atoms with Crippen LogP contribution in [0.1, 0.15) is 33.4 Å². The lowest BCUT2D eigenvalue weighted by Crippen LogP contribution is -1.99. The molecule has 6 aromatic carbocycles. The van der Waals surface area contributed by atoms with Crippen LogP contribution in [-0.4, -0.2) is 67.1 Å². The van der Waals surface area contributed by atoms with Crippen molar-refractivity contribution in [3.05, 3.63) is 130 Å². The molecule has 62 heavy (non-hydrogen) atoms. The van der Waals surface area contributed by atoms with Gasteiger partial charge in [0.05, 0.1) is 56.9 Å². The van der Waals surface area contributed by atoms with Crippen molar-refractivity contribution in [3.8, 4) is 80.5 Å². The second-order valence-electron chi connectivity index (χ2n) is 14.5. The van der Waals surface area contributed by atoms with Crippen molar-refractivity contribution in [2.75, 3.05) is 56.9 Å². The largest absolute Gasteiger partial charge is 0.508 e. The molecule has 0 fully saturated rings. The van der Waals surface area contributed by atoms with Crippen LogP contribution in [-0.2, 0) is 38.5 Å². The number of rotatable bonds is 21. The molecule has 0 aliphatic heterocycles. The zero-order valence-electron chi connectivity index (χ0n) is 36.5. The van der Waals surface area contributed by atoms with E-state index in [0.717, 1.165) is 33.4 Å². The Morgan fingerprint density at radius 2 is 0.532 bits per heavy atom. The molecular weight excluding hydrogens is 793 g/mol. The van der Waals surface area contributed by atoms with E-state index in [2.05, 4.69) is 0 Å². The Hall–Kier alpha value is -7.08. The van der Waals surface area contributed by atoms with Gasteiger partial charge in [-0.1, -0.05) is 0 Å². The SMILES string of the molecule is COc1cc(CCc2cc(Oc3cc(O)cc(CCc4cc(OC)c(OC)c(OC)c4)c3)cc(Oc3cc(O)cc(CCc4cc(OC)c(OC)c(OC)c4)c3)c2)cc(OC)c1. The monoisotopic (exact) mass is 846 g/mol. The van der Waals surface area contributed by atoms with Crippen LogP contribution in [0.25, 0.3) is 0 Å². The minimum atomic E-state index is 0.0702. The first kappa shape index (κ1) is 44.5. The molecule has 0 radical (unpaired) electrons. The molecule has 0 heterocycles. The van der Waals surface area contributed by atoms with Crippen molar-refractivity contribution < 1.29 is 57.6 Å². The van der Waals surface area contributed by atoms with Crippen molar-refractivity contribution in [1.29, 1.82) is 0 Å². The highest BCUT2D eigenvalue weighted by atomic mass is 16.5. The number of ether oxygens (including phenoxy) is 10. The zero-order chi connectivity index (χ0) is 44.2. The third kappa shape index (κ3) is 11.4. The summed E-state index contributed by atoms with van der Waals surface area (Å²) in [6.45, 7) is 0. The molecule has 0 spiro atoms. The van der Waals surface area contributed by atoms with Crippen LogP contribution in [0.5, 0.6) is 80.5 Å². The van der Waals surface area contributed by atoms with Gasteiger partial charge >= 0.3 is 0 Å². The molecule has 0 atom stereocenters. The van der Waals surface area contributed by atoms with Crippen molar-refractivity contribution in [3.63, 3.8) is 0 Å². The van der Waals surface area contributed by atoms with Crippen LogP contribution < -0.4 is 47.4 Å². The minimum Gasteiger partial charge on any atom is -0.508 e. The Morgan fingerprint density at radius 1 is 0.274 bits per heavy atom. The van der Waals surface area contributed by atoms with Crippen LogP contribution in [0.4, 0.5) is 0 Å². The summed E-state index contributed by atoms with van der Waals surface area (Å²) >= 11 is 0. The van der Waals surface area contributed by atoms with Crippen molar-refractivity contribution in [2.24, 2.45) is 0 Å². The van der Waals surface area contributed by atoms with E-state index in [9.17, 15) is 10.2 Å². The fraction of sp³-hybridized carbons (Fsp3) is 0.280. The summed E-state index contributed by atoms with van der Waals surface area (Å²) in [5.74, 6) is 6.81. The van der Waals surface area contributed by atoms with E-state index in [1.165, 1.54) is 0 Å². The van der Waals surface area contributed by atoms with Crippen molar-refractivity contribution >= 4 is 0 Å². The molecule has 0 aliphatic rings. The fourth-order valence-electron chi connectivity index (χ4n) is 7.29. The summed E-state index contributed by atoms with van der Waals surface area (Å²) in [5.41, 5.74) is 5.66.